The highest BCUT2D eigenvalue weighted by molar-refractivity contribution is 5.77. The van der Waals surface area contributed by atoms with Gasteiger partial charge in [0, 0.05) is 20.8 Å². The Morgan fingerprint density at radius 2 is 1.43 bits per heavy atom. The molecule has 1 aliphatic heterocycles. The van der Waals surface area contributed by atoms with Crippen LogP contribution in [0.25, 0.3) is 0 Å². The monoisotopic (exact) mass is 332 g/mol. The summed E-state index contributed by atoms with van der Waals surface area (Å²) in [6.45, 7) is 4.93. The van der Waals surface area contributed by atoms with Crippen molar-refractivity contribution in [2.24, 2.45) is 0 Å². The van der Waals surface area contributed by atoms with Crippen LogP contribution in [0.4, 0.5) is 0 Å². The van der Waals surface area contributed by atoms with E-state index in [2.05, 4.69) is 0 Å². The first-order valence-corrected chi connectivity index (χ1v) is 7.06. The van der Waals surface area contributed by atoms with Crippen molar-refractivity contribution >= 4 is 23.9 Å². The van der Waals surface area contributed by atoms with Gasteiger partial charge in [0.2, 0.25) is 0 Å². The fraction of sp³-hybridized carbons (Fsp3) is 0.714. The van der Waals surface area contributed by atoms with Gasteiger partial charge >= 0.3 is 23.9 Å². The predicted molar refractivity (Wildman–Crippen MR) is 73.0 cm³/mol. The first-order chi connectivity index (χ1) is 10.8. The van der Waals surface area contributed by atoms with Crippen molar-refractivity contribution < 1.29 is 42.9 Å². The lowest BCUT2D eigenvalue weighted by Gasteiger charge is -2.39. The van der Waals surface area contributed by atoms with Gasteiger partial charge in [-0.15, -0.1) is 0 Å². The molecule has 0 radical (unpaired) electrons. The predicted octanol–water partition coefficient (Wildman–Crippen LogP) is -0.257. The molecule has 9 nitrogen and oxygen atoms in total. The Kier molecular flexibility index (Phi) is 6.95. The number of rotatable bonds is 5. The largest absolute Gasteiger partial charge is 0.464 e. The second-order valence-electron chi connectivity index (χ2n) is 4.80. The van der Waals surface area contributed by atoms with Gasteiger partial charge in [0.05, 0.1) is 13.2 Å². The molecule has 0 saturated carbocycles. The normalized spacial score (nSPS) is 26.8. The van der Waals surface area contributed by atoms with Crippen LogP contribution in [0.15, 0.2) is 0 Å². The molecule has 0 N–H and O–H groups in total. The number of esters is 4. The molecular weight excluding hydrogens is 312 g/mol. The summed E-state index contributed by atoms with van der Waals surface area (Å²) < 4.78 is 25.3. The molecule has 9 heteroatoms. The maximum absolute atomic E-state index is 12.0. The van der Waals surface area contributed by atoms with Crippen LogP contribution in [-0.4, -0.2) is 61.5 Å². The number of ether oxygens (including phenoxy) is 5. The molecule has 1 rings (SSSR count). The van der Waals surface area contributed by atoms with Gasteiger partial charge < -0.3 is 23.7 Å². The summed E-state index contributed by atoms with van der Waals surface area (Å²) in [5, 5.41) is 0. The molecule has 1 heterocycles. The summed E-state index contributed by atoms with van der Waals surface area (Å²) in [6, 6.07) is 0. The Morgan fingerprint density at radius 3 is 1.91 bits per heavy atom. The zero-order chi connectivity index (χ0) is 17.6. The summed E-state index contributed by atoms with van der Waals surface area (Å²) in [5.74, 6) is -2.80. The Hall–Kier alpha value is -2.16. The van der Waals surface area contributed by atoms with Crippen molar-refractivity contribution in [2.45, 2.75) is 52.1 Å². The minimum atomic E-state index is -1.28. The van der Waals surface area contributed by atoms with Crippen molar-refractivity contribution in [1.82, 2.24) is 0 Å². The molecule has 1 saturated heterocycles. The molecule has 0 aromatic heterocycles. The first kappa shape index (κ1) is 18.9. The van der Waals surface area contributed by atoms with Crippen LogP contribution in [0.2, 0.25) is 0 Å². The highest BCUT2D eigenvalue weighted by Gasteiger charge is 2.50. The van der Waals surface area contributed by atoms with Gasteiger partial charge in [-0.2, -0.15) is 0 Å². The molecule has 23 heavy (non-hydrogen) atoms. The zero-order valence-electron chi connectivity index (χ0n) is 13.4. The number of hydrogen-bond donors (Lipinski definition) is 0. The Labute approximate surface area is 133 Å². The average molecular weight is 332 g/mol. The Bertz CT molecular complexity index is 473. The molecule has 0 amide bonds. The van der Waals surface area contributed by atoms with Gasteiger partial charge in [-0.25, -0.2) is 4.79 Å². The second kappa shape index (κ2) is 8.47. The third kappa shape index (κ3) is 5.51. The van der Waals surface area contributed by atoms with E-state index >= 15 is 0 Å². The van der Waals surface area contributed by atoms with Gasteiger partial charge in [-0.1, -0.05) is 0 Å². The van der Waals surface area contributed by atoms with Crippen molar-refractivity contribution in [1.29, 1.82) is 0 Å². The lowest BCUT2D eigenvalue weighted by molar-refractivity contribution is -0.230. The number of carbonyl (C=O) groups excluding carboxylic acids is 4. The quantitative estimate of drug-likeness (QED) is 0.496. The summed E-state index contributed by atoms with van der Waals surface area (Å²) in [4.78, 5) is 45.8. The first-order valence-electron chi connectivity index (χ1n) is 7.06. The van der Waals surface area contributed by atoms with Gasteiger partial charge in [-0.05, 0) is 6.92 Å². The molecule has 4 atom stereocenters. The third-order valence-electron chi connectivity index (χ3n) is 2.87. The van der Waals surface area contributed by atoms with E-state index in [0.29, 0.717) is 0 Å². The van der Waals surface area contributed by atoms with E-state index in [9.17, 15) is 19.2 Å². The summed E-state index contributed by atoms with van der Waals surface area (Å²) in [5.41, 5.74) is 0. The summed E-state index contributed by atoms with van der Waals surface area (Å²) in [7, 11) is 0. The molecule has 130 valence electrons. The lowest BCUT2D eigenvalue weighted by atomic mass is 9.99. The molecule has 0 aliphatic carbocycles. The minimum absolute atomic E-state index is 0.0943. The van der Waals surface area contributed by atoms with Crippen molar-refractivity contribution in [2.75, 3.05) is 13.2 Å². The molecule has 0 spiro atoms. The van der Waals surface area contributed by atoms with Gasteiger partial charge in [-0.3, -0.25) is 14.4 Å². The Morgan fingerprint density at radius 1 is 0.913 bits per heavy atom. The van der Waals surface area contributed by atoms with E-state index in [1.54, 1.807) is 6.92 Å². The van der Waals surface area contributed by atoms with Crippen LogP contribution in [0.3, 0.4) is 0 Å². The molecule has 1 aliphatic rings. The van der Waals surface area contributed by atoms with E-state index in [0.717, 1.165) is 13.8 Å². The van der Waals surface area contributed by atoms with Crippen LogP contribution < -0.4 is 0 Å². The van der Waals surface area contributed by atoms with Crippen LogP contribution in [0.1, 0.15) is 27.7 Å². The van der Waals surface area contributed by atoms with Crippen LogP contribution in [0.5, 0.6) is 0 Å². The maximum atomic E-state index is 12.0. The van der Waals surface area contributed by atoms with E-state index in [4.69, 9.17) is 23.7 Å². The smallest absolute Gasteiger partial charge is 0.339 e. The standard InChI is InChI=1S/C14H20O9/c1-5-19-14(18)13-12(23-9(4)17)11(22-8(3)16)10(6-20-13)21-7(2)15/h10-13H,5-6H2,1-4H3. The second-order valence-corrected chi connectivity index (χ2v) is 4.80. The summed E-state index contributed by atoms with van der Waals surface area (Å²) >= 11 is 0. The van der Waals surface area contributed by atoms with Crippen LogP contribution in [0, 0.1) is 0 Å². The van der Waals surface area contributed by atoms with E-state index in [1.807, 2.05) is 0 Å². The minimum Gasteiger partial charge on any atom is -0.464 e. The summed E-state index contributed by atoms with van der Waals surface area (Å²) in [6.07, 6.45) is -4.75. The average Bonchev–Trinajstić information content (AvgIpc) is 2.41. The lowest BCUT2D eigenvalue weighted by Crippen LogP contribution is -2.59. The topological polar surface area (TPSA) is 114 Å². The van der Waals surface area contributed by atoms with E-state index in [-0.39, 0.29) is 13.2 Å². The number of carbonyl (C=O) groups is 4. The molecule has 4 unspecified atom stereocenters. The van der Waals surface area contributed by atoms with Gasteiger partial charge in [0.25, 0.3) is 0 Å². The molecule has 0 aromatic carbocycles. The number of hydrogen-bond acceptors (Lipinski definition) is 9. The third-order valence-corrected chi connectivity index (χ3v) is 2.87. The van der Waals surface area contributed by atoms with Crippen LogP contribution in [-0.2, 0) is 42.9 Å². The van der Waals surface area contributed by atoms with Gasteiger partial charge in [0.1, 0.15) is 0 Å². The molecule has 1 fully saturated rings. The molecule has 0 aromatic rings. The van der Waals surface area contributed by atoms with Crippen molar-refractivity contribution in [3.8, 4) is 0 Å². The molecule has 0 bridgehead atoms. The van der Waals surface area contributed by atoms with Crippen LogP contribution >= 0.6 is 0 Å². The van der Waals surface area contributed by atoms with E-state index < -0.39 is 48.3 Å². The maximum Gasteiger partial charge on any atom is 0.339 e. The highest BCUT2D eigenvalue weighted by Crippen LogP contribution is 2.25. The van der Waals surface area contributed by atoms with Crippen molar-refractivity contribution in [3.63, 3.8) is 0 Å². The Balaban J connectivity index is 3.08. The zero-order valence-corrected chi connectivity index (χ0v) is 13.4. The molecular formula is C14H20O9. The van der Waals surface area contributed by atoms with E-state index in [1.165, 1.54) is 6.92 Å². The van der Waals surface area contributed by atoms with Gasteiger partial charge in [0.15, 0.2) is 24.4 Å². The fourth-order valence-electron chi connectivity index (χ4n) is 2.17. The SMILES string of the molecule is CCOC(=O)C1OCC(OC(C)=O)C(OC(C)=O)C1OC(C)=O. The fourth-order valence-corrected chi connectivity index (χ4v) is 2.17. The van der Waals surface area contributed by atoms with Crippen molar-refractivity contribution in [3.05, 3.63) is 0 Å². The highest BCUT2D eigenvalue weighted by atomic mass is 16.7.